The third-order valence-corrected chi connectivity index (χ3v) is 6.25. The Balaban J connectivity index is 1.42. The number of carbonyl (C=O) groups is 2. The van der Waals surface area contributed by atoms with E-state index in [1.54, 1.807) is 21.2 Å². The van der Waals surface area contributed by atoms with Gasteiger partial charge in [-0.15, -0.1) is 11.3 Å². The first-order valence-electron chi connectivity index (χ1n) is 10.2. The van der Waals surface area contributed by atoms with Gasteiger partial charge in [0.1, 0.15) is 16.5 Å². The fourth-order valence-corrected chi connectivity index (χ4v) is 4.57. The molecule has 0 spiro atoms. The van der Waals surface area contributed by atoms with E-state index in [-0.39, 0.29) is 18.4 Å². The minimum atomic E-state index is -0.760. The first-order valence-corrected chi connectivity index (χ1v) is 11.0. The van der Waals surface area contributed by atoms with Crippen LogP contribution >= 0.6 is 11.3 Å². The monoisotopic (exact) mass is 435 g/mol. The van der Waals surface area contributed by atoms with Crippen LogP contribution in [-0.4, -0.2) is 60.7 Å². The van der Waals surface area contributed by atoms with Gasteiger partial charge in [0.05, 0.1) is 25.4 Å². The second-order valence-corrected chi connectivity index (χ2v) is 8.19. The quantitative estimate of drug-likeness (QED) is 0.632. The SMILES string of the molecule is O=C([C@@H]1CN(C(=O)c2csc(-c3ccccc3)n2)c2ccccc2O1)N1CCOCC1. The molecule has 3 aromatic rings. The molecule has 0 aliphatic carbocycles. The molecule has 31 heavy (non-hydrogen) atoms. The minimum absolute atomic E-state index is 0.126. The molecule has 2 amide bonds. The average molecular weight is 436 g/mol. The maximum atomic E-state index is 13.4. The Kier molecular flexibility index (Phi) is 5.40. The first kappa shape index (κ1) is 19.7. The van der Waals surface area contributed by atoms with E-state index < -0.39 is 6.10 Å². The van der Waals surface area contributed by atoms with Crippen LogP contribution in [0.25, 0.3) is 10.6 Å². The summed E-state index contributed by atoms with van der Waals surface area (Å²) in [5.74, 6) is 0.153. The molecule has 1 aromatic heterocycles. The van der Waals surface area contributed by atoms with Crippen molar-refractivity contribution in [1.29, 1.82) is 0 Å². The van der Waals surface area contributed by atoms with Gasteiger partial charge in [0.15, 0.2) is 6.10 Å². The Morgan fingerprint density at radius 2 is 1.74 bits per heavy atom. The number of thiazole rings is 1. The summed E-state index contributed by atoms with van der Waals surface area (Å²) < 4.78 is 11.3. The fourth-order valence-electron chi connectivity index (χ4n) is 3.77. The van der Waals surface area contributed by atoms with E-state index in [0.29, 0.717) is 43.4 Å². The number of amides is 2. The van der Waals surface area contributed by atoms with E-state index in [4.69, 9.17) is 9.47 Å². The van der Waals surface area contributed by atoms with Crippen molar-refractivity contribution < 1.29 is 19.1 Å². The third-order valence-electron chi connectivity index (χ3n) is 5.36. The van der Waals surface area contributed by atoms with Crippen LogP contribution in [0.5, 0.6) is 5.75 Å². The van der Waals surface area contributed by atoms with Crippen molar-refractivity contribution in [3.8, 4) is 16.3 Å². The second-order valence-electron chi connectivity index (χ2n) is 7.33. The Hall–Kier alpha value is -3.23. The van der Waals surface area contributed by atoms with Crippen molar-refractivity contribution in [2.45, 2.75) is 6.10 Å². The molecule has 1 atom stereocenters. The van der Waals surface area contributed by atoms with E-state index in [1.807, 2.05) is 48.5 Å². The van der Waals surface area contributed by atoms with Crippen LogP contribution < -0.4 is 9.64 Å². The van der Waals surface area contributed by atoms with Gasteiger partial charge in [-0.25, -0.2) is 4.98 Å². The zero-order valence-corrected chi connectivity index (χ0v) is 17.6. The predicted octanol–water partition coefficient (Wildman–Crippen LogP) is 3.08. The summed E-state index contributed by atoms with van der Waals surface area (Å²) in [7, 11) is 0. The van der Waals surface area contributed by atoms with Crippen molar-refractivity contribution >= 4 is 28.8 Å². The summed E-state index contributed by atoms with van der Waals surface area (Å²) in [5.41, 5.74) is 1.97. The Labute approximate surface area is 183 Å². The van der Waals surface area contributed by atoms with Crippen molar-refractivity contribution in [2.24, 2.45) is 0 Å². The molecule has 0 radical (unpaired) electrons. The number of hydrogen-bond donors (Lipinski definition) is 0. The lowest BCUT2D eigenvalue weighted by Gasteiger charge is -2.37. The van der Waals surface area contributed by atoms with Crippen LogP contribution in [0.2, 0.25) is 0 Å². The fraction of sp³-hybridized carbons (Fsp3) is 0.261. The number of anilines is 1. The highest BCUT2D eigenvalue weighted by molar-refractivity contribution is 7.13. The maximum absolute atomic E-state index is 13.4. The standard InChI is InChI=1S/C23H21N3O4S/c27-22(17-15-31-21(24-17)16-6-2-1-3-7-16)26-14-20(23(28)25-10-12-29-13-11-25)30-19-9-5-4-8-18(19)26/h1-9,15,20H,10-14H2/t20-/m0/s1. The first-order chi connectivity index (χ1) is 15.2. The van der Waals surface area contributed by atoms with Gasteiger partial charge in [-0.1, -0.05) is 42.5 Å². The molecule has 2 aliphatic heterocycles. The minimum Gasteiger partial charge on any atom is -0.476 e. The highest BCUT2D eigenvalue weighted by Crippen LogP contribution is 2.35. The number of aromatic nitrogens is 1. The summed E-state index contributed by atoms with van der Waals surface area (Å²) >= 11 is 1.43. The van der Waals surface area contributed by atoms with E-state index in [2.05, 4.69) is 4.98 Å². The summed E-state index contributed by atoms with van der Waals surface area (Å²) in [4.78, 5) is 34.4. The summed E-state index contributed by atoms with van der Waals surface area (Å²) in [6.07, 6.45) is -0.760. The number of ether oxygens (including phenoxy) is 2. The lowest BCUT2D eigenvalue weighted by Crippen LogP contribution is -2.54. The van der Waals surface area contributed by atoms with Crippen molar-refractivity contribution in [2.75, 3.05) is 37.7 Å². The molecule has 7 nitrogen and oxygen atoms in total. The van der Waals surface area contributed by atoms with Crippen LogP contribution in [-0.2, 0) is 9.53 Å². The van der Waals surface area contributed by atoms with Crippen molar-refractivity contribution in [3.05, 3.63) is 65.7 Å². The largest absolute Gasteiger partial charge is 0.476 e. The molecule has 0 N–H and O–H groups in total. The lowest BCUT2D eigenvalue weighted by atomic mass is 10.1. The Morgan fingerprint density at radius 1 is 1.00 bits per heavy atom. The van der Waals surface area contributed by atoms with Crippen LogP contribution in [0, 0.1) is 0 Å². The number of morpholine rings is 1. The van der Waals surface area contributed by atoms with Gasteiger partial charge in [0, 0.05) is 24.0 Å². The van der Waals surface area contributed by atoms with Gasteiger partial charge < -0.3 is 14.4 Å². The molecule has 0 saturated carbocycles. The topological polar surface area (TPSA) is 72.0 Å². The van der Waals surface area contributed by atoms with Crippen LogP contribution in [0.4, 0.5) is 5.69 Å². The Morgan fingerprint density at radius 3 is 2.55 bits per heavy atom. The highest BCUT2D eigenvalue weighted by Gasteiger charge is 2.37. The molecule has 3 heterocycles. The van der Waals surface area contributed by atoms with E-state index in [0.717, 1.165) is 10.6 Å². The molecule has 5 rings (SSSR count). The number of nitrogens with zero attached hydrogens (tertiary/aromatic N) is 3. The van der Waals surface area contributed by atoms with E-state index >= 15 is 0 Å². The summed E-state index contributed by atoms with van der Waals surface area (Å²) in [6.45, 7) is 2.23. The van der Waals surface area contributed by atoms with Crippen LogP contribution in [0.1, 0.15) is 10.5 Å². The van der Waals surface area contributed by atoms with Gasteiger partial charge >= 0.3 is 0 Å². The van der Waals surface area contributed by atoms with Gasteiger partial charge in [-0.05, 0) is 12.1 Å². The number of carbonyl (C=O) groups excluding carboxylic acids is 2. The molecule has 2 aromatic carbocycles. The summed E-state index contributed by atoms with van der Waals surface area (Å²) in [5, 5.41) is 2.55. The molecular formula is C23H21N3O4S. The van der Waals surface area contributed by atoms with Crippen LogP contribution in [0.3, 0.4) is 0 Å². The van der Waals surface area contributed by atoms with Crippen LogP contribution in [0.15, 0.2) is 60.0 Å². The van der Waals surface area contributed by atoms with Gasteiger partial charge in [-0.2, -0.15) is 0 Å². The van der Waals surface area contributed by atoms with Crippen molar-refractivity contribution in [3.63, 3.8) is 0 Å². The lowest BCUT2D eigenvalue weighted by molar-refractivity contribution is -0.142. The van der Waals surface area contributed by atoms with Gasteiger partial charge in [0.25, 0.3) is 11.8 Å². The average Bonchev–Trinajstić information content (AvgIpc) is 3.34. The molecular weight excluding hydrogens is 414 g/mol. The third kappa shape index (κ3) is 3.92. The molecule has 0 bridgehead atoms. The second kappa shape index (κ2) is 8.49. The Bertz CT molecular complexity index is 1090. The molecule has 8 heteroatoms. The maximum Gasteiger partial charge on any atom is 0.278 e. The molecule has 2 aliphatic rings. The number of fused-ring (bicyclic) bond motifs is 1. The van der Waals surface area contributed by atoms with E-state index in [1.165, 1.54) is 11.3 Å². The zero-order valence-electron chi connectivity index (χ0n) is 16.8. The zero-order chi connectivity index (χ0) is 21.2. The number of para-hydroxylation sites is 2. The molecule has 0 unspecified atom stereocenters. The molecule has 158 valence electrons. The molecule has 1 saturated heterocycles. The predicted molar refractivity (Wildman–Crippen MR) is 117 cm³/mol. The molecule has 1 fully saturated rings. The van der Waals surface area contributed by atoms with E-state index in [9.17, 15) is 9.59 Å². The van der Waals surface area contributed by atoms with Crippen molar-refractivity contribution in [1.82, 2.24) is 9.88 Å². The van der Waals surface area contributed by atoms with Gasteiger partial charge in [0.2, 0.25) is 0 Å². The van der Waals surface area contributed by atoms with Gasteiger partial charge in [-0.3, -0.25) is 14.5 Å². The normalized spacial score (nSPS) is 18.3. The number of benzene rings is 2. The number of hydrogen-bond acceptors (Lipinski definition) is 6. The summed E-state index contributed by atoms with van der Waals surface area (Å²) in [6, 6.07) is 17.1. The highest BCUT2D eigenvalue weighted by atomic mass is 32.1. The smallest absolute Gasteiger partial charge is 0.278 e. The number of rotatable bonds is 3.